The second-order valence-corrected chi connectivity index (χ2v) is 4.10. The van der Waals surface area contributed by atoms with Crippen LogP contribution < -0.4 is 5.01 Å². The SMILES string of the molecule is CC1CC(=O)N(C)N1c1ccccc1CO. The number of amides is 1. The lowest BCUT2D eigenvalue weighted by atomic mass is 10.1. The van der Waals surface area contributed by atoms with Gasteiger partial charge in [-0.3, -0.25) is 14.8 Å². The van der Waals surface area contributed by atoms with E-state index in [-0.39, 0.29) is 18.6 Å². The van der Waals surface area contributed by atoms with Crippen LogP contribution in [0.5, 0.6) is 0 Å². The minimum Gasteiger partial charge on any atom is -0.392 e. The van der Waals surface area contributed by atoms with Gasteiger partial charge in [0.1, 0.15) is 0 Å². The Balaban J connectivity index is 2.40. The number of hydrogen-bond donors (Lipinski definition) is 1. The Kier molecular flexibility index (Phi) is 2.83. The fourth-order valence-corrected chi connectivity index (χ4v) is 2.15. The van der Waals surface area contributed by atoms with Crippen molar-refractivity contribution in [1.82, 2.24) is 5.01 Å². The monoisotopic (exact) mass is 220 g/mol. The van der Waals surface area contributed by atoms with E-state index in [1.807, 2.05) is 36.2 Å². The number of carbonyl (C=O) groups is 1. The highest BCUT2D eigenvalue weighted by molar-refractivity contribution is 5.82. The van der Waals surface area contributed by atoms with Crippen LogP contribution in [-0.2, 0) is 11.4 Å². The zero-order valence-corrected chi connectivity index (χ0v) is 9.55. The molecule has 0 aromatic heterocycles. The maximum Gasteiger partial charge on any atom is 0.242 e. The molecule has 1 saturated heterocycles. The van der Waals surface area contributed by atoms with Gasteiger partial charge in [0.25, 0.3) is 0 Å². The fraction of sp³-hybridized carbons (Fsp3) is 0.417. The van der Waals surface area contributed by atoms with Gasteiger partial charge in [-0.05, 0) is 13.0 Å². The van der Waals surface area contributed by atoms with Crippen molar-refractivity contribution in [1.29, 1.82) is 0 Å². The zero-order chi connectivity index (χ0) is 11.7. The van der Waals surface area contributed by atoms with E-state index in [2.05, 4.69) is 0 Å². The summed E-state index contributed by atoms with van der Waals surface area (Å²) in [4.78, 5) is 11.6. The van der Waals surface area contributed by atoms with E-state index in [9.17, 15) is 9.90 Å². The van der Waals surface area contributed by atoms with Crippen LogP contribution in [0.25, 0.3) is 0 Å². The highest BCUT2D eigenvalue weighted by Gasteiger charge is 2.33. The molecule has 4 heteroatoms. The highest BCUT2D eigenvalue weighted by atomic mass is 16.3. The summed E-state index contributed by atoms with van der Waals surface area (Å²) in [5.41, 5.74) is 1.75. The van der Waals surface area contributed by atoms with Gasteiger partial charge in [0.05, 0.1) is 24.8 Å². The minimum absolute atomic E-state index is 0.0125. The molecule has 1 amide bonds. The number of anilines is 1. The van der Waals surface area contributed by atoms with Gasteiger partial charge in [-0.25, -0.2) is 0 Å². The summed E-state index contributed by atoms with van der Waals surface area (Å²) in [6, 6.07) is 7.75. The van der Waals surface area contributed by atoms with Crippen molar-refractivity contribution in [3.05, 3.63) is 29.8 Å². The fourth-order valence-electron chi connectivity index (χ4n) is 2.15. The molecule has 1 N–H and O–H groups in total. The summed E-state index contributed by atoms with van der Waals surface area (Å²) in [5, 5.41) is 12.8. The third-order valence-electron chi connectivity index (χ3n) is 2.98. The summed E-state index contributed by atoms with van der Waals surface area (Å²) >= 11 is 0. The number of hydrazine groups is 1. The van der Waals surface area contributed by atoms with Crippen molar-refractivity contribution in [3.8, 4) is 0 Å². The molecule has 1 aromatic carbocycles. The first-order chi connectivity index (χ1) is 7.65. The molecular weight excluding hydrogens is 204 g/mol. The summed E-state index contributed by atoms with van der Waals surface area (Å²) in [5.74, 6) is 0.111. The predicted molar refractivity (Wildman–Crippen MR) is 61.7 cm³/mol. The molecule has 4 nitrogen and oxygen atoms in total. The van der Waals surface area contributed by atoms with E-state index in [4.69, 9.17) is 0 Å². The molecule has 1 atom stereocenters. The van der Waals surface area contributed by atoms with Gasteiger partial charge in [0.15, 0.2) is 0 Å². The number of benzene rings is 1. The van der Waals surface area contributed by atoms with Crippen molar-refractivity contribution in [2.24, 2.45) is 0 Å². The smallest absolute Gasteiger partial charge is 0.242 e. The first-order valence-electron chi connectivity index (χ1n) is 5.39. The van der Waals surface area contributed by atoms with Crippen molar-refractivity contribution in [2.45, 2.75) is 26.0 Å². The molecule has 1 aliphatic rings. The van der Waals surface area contributed by atoms with Crippen LogP contribution in [0, 0.1) is 0 Å². The Morgan fingerprint density at radius 2 is 2.12 bits per heavy atom. The molecule has 0 saturated carbocycles. The van der Waals surface area contributed by atoms with Crippen LogP contribution in [0.4, 0.5) is 5.69 Å². The van der Waals surface area contributed by atoms with Gasteiger partial charge in [-0.1, -0.05) is 18.2 Å². The van der Waals surface area contributed by atoms with Crippen LogP contribution in [0.1, 0.15) is 18.9 Å². The number of carbonyl (C=O) groups excluding carboxylic acids is 1. The van der Waals surface area contributed by atoms with Gasteiger partial charge < -0.3 is 5.11 Å². The number of aliphatic hydroxyl groups is 1. The molecule has 86 valence electrons. The molecule has 0 bridgehead atoms. The number of para-hydroxylation sites is 1. The molecule has 0 aliphatic carbocycles. The number of aliphatic hydroxyl groups excluding tert-OH is 1. The molecule has 1 unspecified atom stereocenters. The van der Waals surface area contributed by atoms with Crippen molar-refractivity contribution < 1.29 is 9.90 Å². The molecule has 1 fully saturated rings. The van der Waals surface area contributed by atoms with E-state index in [0.717, 1.165) is 11.3 Å². The molecule has 1 aliphatic heterocycles. The Hall–Kier alpha value is -1.55. The van der Waals surface area contributed by atoms with E-state index in [0.29, 0.717) is 6.42 Å². The Bertz CT molecular complexity index is 406. The average Bonchev–Trinajstić information content (AvgIpc) is 2.53. The topological polar surface area (TPSA) is 43.8 Å². The number of hydrogen-bond acceptors (Lipinski definition) is 3. The second-order valence-electron chi connectivity index (χ2n) is 4.10. The summed E-state index contributed by atoms with van der Waals surface area (Å²) < 4.78 is 0. The van der Waals surface area contributed by atoms with Gasteiger partial charge in [0.2, 0.25) is 5.91 Å². The van der Waals surface area contributed by atoms with Crippen molar-refractivity contribution >= 4 is 11.6 Å². The molecule has 16 heavy (non-hydrogen) atoms. The van der Waals surface area contributed by atoms with Gasteiger partial charge in [0, 0.05) is 12.6 Å². The number of rotatable bonds is 2. The van der Waals surface area contributed by atoms with Crippen molar-refractivity contribution in [3.63, 3.8) is 0 Å². The van der Waals surface area contributed by atoms with Crippen LogP contribution in [-0.4, -0.2) is 29.1 Å². The van der Waals surface area contributed by atoms with E-state index in [1.165, 1.54) is 0 Å². The zero-order valence-electron chi connectivity index (χ0n) is 9.55. The summed E-state index contributed by atoms with van der Waals surface area (Å²) in [6.07, 6.45) is 0.524. The van der Waals surface area contributed by atoms with Crippen LogP contribution in [0.15, 0.2) is 24.3 Å². The first kappa shape index (κ1) is 11.0. The van der Waals surface area contributed by atoms with Gasteiger partial charge >= 0.3 is 0 Å². The molecular formula is C12H16N2O2. The molecule has 0 spiro atoms. The Morgan fingerprint density at radius 3 is 2.69 bits per heavy atom. The standard InChI is InChI=1S/C12H16N2O2/c1-9-7-12(16)13(2)14(9)11-6-4-3-5-10(11)8-15/h3-6,9,15H,7-8H2,1-2H3. The highest BCUT2D eigenvalue weighted by Crippen LogP contribution is 2.29. The van der Waals surface area contributed by atoms with E-state index >= 15 is 0 Å². The lowest BCUT2D eigenvalue weighted by Gasteiger charge is -2.31. The largest absolute Gasteiger partial charge is 0.392 e. The van der Waals surface area contributed by atoms with Gasteiger partial charge in [-0.2, -0.15) is 0 Å². The van der Waals surface area contributed by atoms with E-state index < -0.39 is 0 Å². The predicted octanol–water partition coefficient (Wildman–Crippen LogP) is 1.15. The number of nitrogens with zero attached hydrogens (tertiary/aromatic N) is 2. The normalized spacial score (nSPS) is 20.7. The first-order valence-corrected chi connectivity index (χ1v) is 5.39. The third-order valence-corrected chi connectivity index (χ3v) is 2.98. The minimum atomic E-state index is -0.0125. The lowest BCUT2D eigenvalue weighted by Crippen LogP contribution is -2.39. The van der Waals surface area contributed by atoms with E-state index in [1.54, 1.807) is 12.1 Å². The Morgan fingerprint density at radius 1 is 1.44 bits per heavy atom. The van der Waals surface area contributed by atoms with Crippen LogP contribution in [0.2, 0.25) is 0 Å². The maximum absolute atomic E-state index is 11.6. The quantitative estimate of drug-likeness (QED) is 0.813. The van der Waals surface area contributed by atoms with Crippen molar-refractivity contribution in [2.75, 3.05) is 12.1 Å². The summed E-state index contributed by atoms with van der Waals surface area (Å²) in [6.45, 7) is 2.00. The Labute approximate surface area is 95.1 Å². The average molecular weight is 220 g/mol. The van der Waals surface area contributed by atoms with Gasteiger partial charge in [-0.15, -0.1) is 0 Å². The second kappa shape index (κ2) is 4.14. The summed E-state index contributed by atoms with van der Waals surface area (Å²) in [7, 11) is 1.76. The van der Waals surface area contributed by atoms with Crippen LogP contribution in [0.3, 0.4) is 0 Å². The third kappa shape index (κ3) is 1.65. The lowest BCUT2D eigenvalue weighted by molar-refractivity contribution is -0.126. The molecule has 2 rings (SSSR count). The van der Waals surface area contributed by atoms with Crippen LogP contribution >= 0.6 is 0 Å². The maximum atomic E-state index is 11.6. The molecule has 0 radical (unpaired) electrons. The molecule has 1 heterocycles. The molecule has 1 aromatic rings.